The number of rotatable bonds is 4. The summed E-state index contributed by atoms with van der Waals surface area (Å²) in [5.41, 5.74) is 0. The van der Waals surface area contributed by atoms with Crippen molar-refractivity contribution in [2.75, 3.05) is 20.4 Å². The molecule has 0 amide bonds. The van der Waals surface area contributed by atoms with Crippen LogP contribution in [0.3, 0.4) is 0 Å². The minimum absolute atomic E-state index is 0.0406. The van der Waals surface area contributed by atoms with Gasteiger partial charge in [0.2, 0.25) is 0 Å². The molecule has 2 atom stereocenters. The zero-order valence-corrected chi connectivity index (χ0v) is 7.01. The van der Waals surface area contributed by atoms with E-state index >= 15 is 0 Å². The van der Waals surface area contributed by atoms with Gasteiger partial charge in [-0.25, -0.2) is 0 Å². The molecule has 0 aliphatic carbocycles. The summed E-state index contributed by atoms with van der Waals surface area (Å²) in [7, 11) is -0.172. The first-order chi connectivity index (χ1) is 4.16. The van der Waals surface area contributed by atoms with Crippen molar-refractivity contribution in [2.45, 2.75) is 13.0 Å². The molecular weight excluding hydrogens is 139 g/mol. The normalized spacial score (nSPS) is 17.2. The zero-order chi connectivity index (χ0) is 7.28. The summed E-state index contributed by atoms with van der Waals surface area (Å²) < 4.78 is 20.0. The Hall–Kier alpha value is 0.150. The van der Waals surface area contributed by atoms with E-state index in [4.69, 9.17) is 9.26 Å². The van der Waals surface area contributed by atoms with Crippen LogP contribution in [0.2, 0.25) is 0 Å². The highest BCUT2D eigenvalue weighted by Crippen LogP contribution is 2.15. The Bertz CT molecular complexity index is 94.2. The lowest BCUT2D eigenvalue weighted by Crippen LogP contribution is -2.10. The van der Waals surface area contributed by atoms with Gasteiger partial charge in [-0.2, -0.15) is 0 Å². The summed E-state index contributed by atoms with van der Waals surface area (Å²) in [5, 5.41) is 0. The molecule has 0 bridgehead atoms. The van der Waals surface area contributed by atoms with E-state index in [0.717, 1.165) is 0 Å². The first kappa shape index (κ1) is 9.15. The fraction of sp³-hybridized carbons (Fsp3) is 1.00. The zero-order valence-electron chi connectivity index (χ0n) is 6.01. The van der Waals surface area contributed by atoms with E-state index in [1.54, 1.807) is 13.8 Å². The smallest absolute Gasteiger partial charge is 0.188 e. The molecule has 0 aromatic rings. The van der Waals surface area contributed by atoms with Crippen LogP contribution >= 0.6 is 8.03 Å². The second-order valence-corrected chi connectivity index (χ2v) is 3.12. The van der Waals surface area contributed by atoms with E-state index in [1.165, 1.54) is 0 Å². The first-order valence-corrected chi connectivity index (χ1v) is 4.64. The molecule has 0 saturated heterocycles. The molecule has 0 aromatic carbocycles. The van der Waals surface area contributed by atoms with Crippen LogP contribution in [0.1, 0.15) is 6.92 Å². The van der Waals surface area contributed by atoms with E-state index in [2.05, 4.69) is 0 Å². The molecule has 4 heteroatoms. The lowest BCUT2D eigenvalue weighted by atomic mass is 10.4. The molecule has 0 radical (unpaired) electrons. The second kappa shape index (κ2) is 4.98. The molecule has 3 nitrogen and oxygen atoms in total. The van der Waals surface area contributed by atoms with Gasteiger partial charge >= 0.3 is 0 Å². The van der Waals surface area contributed by atoms with E-state index < -0.39 is 8.03 Å². The molecule has 0 fully saturated rings. The Morgan fingerprint density at radius 1 is 1.67 bits per heavy atom. The first-order valence-electron chi connectivity index (χ1n) is 2.83. The molecule has 0 rings (SSSR count). The van der Waals surface area contributed by atoms with Crippen molar-refractivity contribution in [3.8, 4) is 0 Å². The van der Waals surface area contributed by atoms with Gasteiger partial charge in [0.25, 0.3) is 0 Å². The number of hydrogen-bond donors (Lipinski definition) is 0. The van der Waals surface area contributed by atoms with Crippen LogP contribution in [-0.2, 0) is 13.8 Å². The third-order valence-corrected chi connectivity index (χ3v) is 1.50. The third-order valence-electron chi connectivity index (χ3n) is 0.924. The van der Waals surface area contributed by atoms with Crippen molar-refractivity contribution in [2.24, 2.45) is 0 Å². The highest BCUT2D eigenvalue weighted by Gasteiger charge is 1.98. The Balaban J connectivity index is 3.16. The summed E-state index contributed by atoms with van der Waals surface area (Å²) in [4.78, 5) is 0. The number of hydrogen-bond acceptors (Lipinski definition) is 3. The monoisotopic (exact) mass is 152 g/mol. The Kier molecular flexibility index (Phi) is 5.06. The fourth-order valence-corrected chi connectivity index (χ4v) is 0.772. The second-order valence-electron chi connectivity index (χ2n) is 1.85. The highest BCUT2D eigenvalue weighted by atomic mass is 31.1. The minimum atomic E-state index is -1.77. The number of ether oxygens (including phenoxy) is 1. The van der Waals surface area contributed by atoms with Crippen molar-refractivity contribution in [1.82, 2.24) is 0 Å². The molecule has 2 unspecified atom stereocenters. The van der Waals surface area contributed by atoms with Gasteiger partial charge in [-0.05, 0) is 6.92 Å². The van der Waals surface area contributed by atoms with Crippen molar-refractivity contribution < 1.29 is 13.8 Å². The Labute approximate surface area is 56.2 Å². The summed E-state index contributed by atoms with van der Waals surface area (Å²) >= 11 is 0. The molecule has 56 valence electrons. The molecule has 0 saturated carbocycles. The van der Waals surface area contributed by atoms with E-state index in [0.29, 0.717) is 6.61 Å². The van der Waals surface area contributed by atoms with Crippen molar-refractivity contribution in [1.29, 1.82) is 0 Å². The van der Waals surface area contributed by atoms with Gasteiger partial charge in [0, 0.05) is 13.8 Å². The summed E-state index contributed by atoms with van der Waals surface area (Å²) in [6.07, 6.45) is 0.0406. The van der Waals surface area contributed by atoms with Crippen LogP contribution in [-0.4, -0.2) is 26.5 Å². The highest BCUT2D eigenvalue weighted by molar-refractivity contribution is 7.38. The van der Waals surface area contributed by atoms with Gasteiger partial charge in [0.15, 0.2) is 8.03 Å². The third kappa shape index (κ3) is 6.03. The quantitative estimate of drug-likeness (QED) is 0.566. The maximum absolute atomic E-state index is 10.4. The van der Waals surface area contributed by atoms with E-state index in [-0.39, 0.29) is 6.10 Å². The molecule has 0 aliphatic heterocycles. The van der Waals surface area contributed by atoms with Crippen LogP contribution in [0, 0.1) is 0 Å². The lowest BCUT2D eigenvalue weighted by Gasteiger charge is -2.07. The summed E-state index contributed by atoms with van der Waals surface area (Å²) in [5.74, 6) is 0. The minimum Gasteiger partial charge on any atom is -0.379 e. The molecule has 0 spiro atoms. The fourth-order valence-electron chi connectivity index (χ4n) is 0.303. The SMILES string of the molecule is COC(C)CO[PH](C)=O. The number of methoxy groups -OCH3 is 1. The van der Waals surface area contributed by atoms with Crippen LogP contribution in [0.15, 0.2) is 0 Å². The predicted octanol–water partition coefficient (Wildman–Crippen LogP) is 1.14. The standard InChI is InChI=1S/C5H13O3P/c1-5(7-2)4-8-9(3)6/h5,9H,4H2,1-3H3. The predicted molar refractivity (Wildman–Crippen MR) is 37.3 cm³/mol. The topological polar surface area (TPSA) is 35.5 Å². The van der Waals surface area contributed by atoms with Crippen LogP contribution in [0.25, 0.3) is 0 Å². The van der Waals surface area contributed by atoms with Crippen LogP contribution < -0.4 is 0 Å². The average Bonchev–Trinajstić information content (AvgIpc) is 1.83. The summed E-state index contributed by atoms with van der Waals surface area (Å²) in [6, 6.07) is 0. The van der Waals surface area contributed by atoms with Gasteiger partial charge in [-0.3, -0.25) is 4.57 Å². The van der Waals surface area contributed by atoms with Gasteiger partial charge in [0.1, 0.15) is 0 Å². The van der Waals surface area contributed by atoms with Gasteiger partial charge < -0.3 is 9.26 Å². The van der Waals surface area contributed by atoms with Crippen molar-refractivity contribution in [3.63, 3.8) is 0 Å². The van der Waals surface area contributed by atoms with Crippen molar-refractivity contribution in [3.05, 3.63) is 0 Å². The van der Waals surface area contributed by atoms with Gasteiger partial charge in [-0.15, -0.1) is 0 Å². The Morgan fingerprint density at radius 2 is 2.22 bits per heavy atom. The average molecular weight is 152 g/mol. The van der Waals surface area contributed by atoms with Crippen molar-refractivity contribution >= 4 is 8.03 Å². The molecule has 0 heterocycles. The molecule has 9 heavy (non-hydrogen) atoms. The van der Waals surface area contributed by atoms with E-state index in [9.17, 15) is 4.57 Å². The molecule has 0 N–H and O–H groups in total. The van der Waals surface area contributed by atoms with Gasteiger partial charge in [-0.1, -0.05) is 0 Å². The van der Waals surface area contributed by atoms with Crippen LogP contribution in [0.4, 0.5) is 0 Å². The van der Waals surface area contributed by atoms with E-state index in [1.807, 2.05) is 6.92 Å². The molecular formula is C5H13O3P. The lowest BCUT2D eigenvalue weighted by molar-refractivity contribution is 0.0750. The molecule has 0 aromatic heterocycles. The molecule has 0 aliphatic rings. The maximum Gasteiger partial charge on any atom is 0.188 e. The Morgan fingerprint density at radius 3 is 2.56 bits per heavy atom. The largest absolute Gasteiger partial charge is 0.379 e. The van der Waals surface area contributed by atoms with Crippen LogP contribution in [0.5, 0.6) is 0 Å². The maximum atomic E-state index is 10.4. The van der Waals surface area contributed by atoms with Gasteiger partial charge in [0.05, 0.1) is 12.7 Å². The summed E-state index contributed by atoms with van der Waals surface area (Å²) in [6.45, 7) is 3.85.